The summed E-state index contributed by atoms with van der Waals surface area (Å²) < 4.78 is 38.3. The van der Waals surface area contributed by atoms with Crippen LogP contribution in [0.4, 0.5) is 19.0 Å². The molecular formula is C26H25F3N4O2. The molecule has 2 heterocycles. The van der Waals surface area contributed by atoms with Crippen LogP contribution in [0, 0.1) is 0 Å². The van der Waals surface area contributed by atoms with Gasteiger partial charge < -0.3 is 15.1 Å². The highest BCUT2D eigenvalue weighted by atomic mass is 19.4. The number of anilines is 1. The van der Waals surface area contributed by atoms with Crippen LogP contribution in [0.3, 0.4) is 0 Å². The van der Waals surface area contributed by atoms with Crippen molar-refractivity contribution in [2.75, 3.05) is 31.1 Å². The molecule has 1 fully saturated rings. The zero-order valence-electron chi connectivity index (χ0n) is 18.9. The van der Waals surface area contributed by atoms with E-state index in [1.165, 1.54) is 6.07 Å². The Hall–Kier alpha value is -3.88. The lowest BCUT2D eigenvalue weighted by Gasteiger charge is -2.36. The van der Waals surface area contributed by atoms with Crippen molar-refractivity contribution in [3.05, 3.63) is 95.7 Å². The first-order valence-electron chi connectivity index (χ1n) is 11.3. The number of aromatic nitrogens is 1. The van der Waals surface area contributed by atoms with E-state index in [0.717, 1.165) is 17.8 Å². The summed E-state index contributed by atoms with van der Waals surface area (Å²) in [5, 5.41) is 2.97. The van der Waals surface area contributed by atoms with E-state index in [0.29, 0.717) is 37.6 Å². The molecule has 4 rings (SSSR count). The van der Waals surface area contributed by atoms with Gasteiger partial charge in [-0.2, -0.15) is 13.2 Å². The Morgan fingerprint density at radius 2 is 1.51 bits per heavy atom. The van der Waals surface area contributed by atoms with Crippen LogP contribution in [0.25, 0.3) is 0 Å². The Balaban J connectivity index is 1.38. The molecule has 0 saturated carbocycles. The fourth-order valence-electron chi connectivity index (χ4n) is 4.00. The largest absolute Gasteiger partial charge is 0.417 e. The van der Waals surface area contributed by atoms with Crippen molar-refractivity contribution >= 4 is 17.6 Å². The lowest BCUT2D eigenvalue weighted by molar-refractivity contribution is -0.138. The van der Waals surface area contributed by atoms with E-state index in [9.17, 15) is 22.8 Å². The molecule has 0 bridgehead atoms. The number of amides is 2. The monoisotopic (exact) mass is 482 g/mol. The van der Waals surface area contributed by atoms with E-state index in [1.807, 2.05) is 41.3 Å². The second-order valence-electron chi connectivity index (χ2n) is 8.28. The van der Waals surface area contributed by atoms with Crippen LogP contribution in [-0.4, -0.2) is 47.9 Å². The molecule has 1 aliphatic rings. The summed E-state index contributed by atoms with van der Waals surface area (Å²) in [4.78, 5) is 33.4. The number of hydrogen-bond donors (Lipinski definition) is 1. The second-order valence-corrected chi connectivity index (χ2v) is 8.28. The van der Waals surface area contributed by atoms with Crippen LogP contribution in [0.15, 0.2) is 79.0 Å². The van der Waals surface area contributed by atoms with E-state index < -0.39 is 17.8 Å². The van der Waals surface area contributed by atoms with E-state index in [4.69, 9.17) is 0 Å². The van der Waals surface area contributed by atoms with Crippen molar-refractivity contribution in [3.8, 4) is 0 Å². The molecule has 0 spiro atoms. The molecule has 35 heavy (non-hydrogen) atoms. The third-order valence-corrected chi connectivity index (χ3v) is 5.95. The molecule has 1 aromatic heterocycles. The molecule has 6 nitrogen and oxygen atoms in total. The van der Waals surface area contributed by atoms with Crippen LogP contribution >= 0.6 is 0 Å². The van der Waals surface area contributed by atoms with Gasteiger partial charge in [-0.1, -0.05) is 48.5 Å². The van der Waals surface area contributed by atoms with Gasteiger partial charge in [0, 0.05) is 37.9 Å². The molecule has 3 aromatic rings. The standard InChI is InChI=1S/C26H25F3N4O2/c27-26(28,29)21-11-12-23(30-18-21)32-13-15-33(16-14-32)24(34)17-22(19-7-3-1-4-8-19)31-25(35)20-9-5-2-6-10-20/h1-12,18,22H,13-17H2,(H,31,35)/t22-/m1/s1. The van der Waals surface area contributed by atoms with Crippen LogP contribution in [0.2, 0.25) is 0 Å². The molecule has 182 valence electrons. The number of nitrogens with one attached hydrogen (secondary N) is 1. The van der Waals surface area contributed by atoms with Crippen molar-refractivity contribution in [1.82, 2.24) is 15.2 Å². The van der Waals surface area contributed by atoms with Crippen molar-refractivity contribution in [1.29, 1.82) is 0 Å². The van der Waals surface area contributed by atoms with Crippen molar-refractivity contribution < 1.29 is 22.8 Å². The number of rotatable bonds is 6. The summed E-state index contributed by atoms with van der Waals surface area (Å²) in [6, 6.07) is 20.0. The minimum absolute atomic E-state index is 0.0983. The zero-order chi connectivity index (χ0) is 24.8. The van der Waals surface area contributed by atoms with Gasteiger partial charge in [-0.15, -0.1) is 0 Å². The first-order valence-corrected chi connectivity index (χ1v) is 11.3. The number of hydrogen-bond acceptors (Lipinski definition) is 4. The Morgan fingerprint density at radius 1 is 0.886 bits per heavy atom. The number of halogens is 3. The van der Waals surface area contributed by atoms with Gasteiger partial charge in [0.2, 0.25) is 5.91 Å². The average molecular weight is 483 g/mol. The highest BCUT2D eigenvalue weighted by molar-refractivity contribution is 5.94. The van der Waals surface area contributed by atoms with Crippen LogP contribution in [0.1, 0.15) is 33.9 Å². The smallest absolute Gasteiger partial charge is 0.353 e. The summed E-state index contributed by atoms with van der Waals surface area (Å²) in [5.74, 6) is 0.0834. The Labute approximate surface area is 201 Å². The Bertz CT molecular complexity index is 1130. The molecule has 1 aliphatic heterocycles. The maximum Gasteiger partial charge on any atom is 0.417 e. The van der Waals surface area contributed by atoms with Gasteiger partial charge in [0.1, 0.15) is 5.82 Å². The molecule has 1 saturated heterocycles. The number of carbonyl (C=O) groups is 2. The van der Waals surface area contributed by atoms with E-state index in [-0.39, 0.29) is 18.2 Å². The third-order valence-electron chi connectivity index (χ3n) is 5.95. The molecule has 0 aliphatic carbocycles. The first-order chi connectivity index (χ1) is 16.8. The normalized spacial score (nSPS) is 14.9. The molecule has 0 unspecified atom stereocenters. The van der Waals surface area contributed by atoms with Gasteiger partial charge in [0.05, 0.1) is 18.0 Å². The van der Waals surface area contributed by atoms with Gasteiger partial charge in [0.15, 0.2) is 0 Å². The van der Waals surface area contributed by atoms with Gasteiger partial charge in [-0.3, -0.25) is 9.59 Å². The number of carbonyl (C=O) groups excluding carboxylic acids is 2. The number of alkyl halides is 3. The second kappa shape index (κ2) is 10.6. The maximum absolute atomic E-state index is 13.1. The summed E-state index contributed by atoms with van der Waals surface area (Å²) in [7, 11) is 0. The van der Waals surface area contributed by atoms with Crippen LogP contribution < -0.4 is 10.2 Å². The molecule has 9 heteroatoms. The van der Waals surface area contributed by atoms with Gasteiger partial charge in [-0.25, -0.2) is 4.98 Å². The topological polar surface area (TPSA) is 65.5 Å². The summed E-state index contributed by atoms with van der Waals surface area (Å²) >= 11 is 0. The predicted molar refractivity (Wildman–Crippen MR) is 126 cm³/mol. The average Bonchev–Trinajstić information content (AvgIpc) is 2.89. The summed E-state index contributed by atoms with van der Waals surface area (Å²) in [5.41, 5.74) is 0.552. The Kier molecular flexibility index (Phi) is 7.33. The molecule has 2 aromatic carbocycles. The minimum Gasteiger partial charge on any atom is -0.353 e. The van der Waals surface area contributed by atoms with E-state index in [2.05, 4.69) is 10.3 Å². The fourth-order valence-corrected chi connectivity index (χ4v) is 4.00. The predicted octanol–water partition coefficient (Wildman–Crippen LogP) is 4.31. The van der Waals surface area contributed by atoms with Gasteiger partial charge in [-0.05, 0) is 29.8 Å². The quantitative estimate of drug-likeness (QED) is 0.569. The first kappa shape index (κ1) is 24.3. The van der Waals surface area contributed by atoms with Crippen molar-refractivity contribution in [3.63, 3.8) is 0 Å². The molecule has 0 radical (unpaired) electrons. The van der Waals surface area contributed by atoms with Gasteiger partial charge in [0.25, 0.3) is 5.91 Å². The SMILES string of the molecule is O=C(N[C@H](CC(=O)N1CCN(c2ccc(C(F)(F)F)cn2)CC1)c1ccccc1)c1ccccc1. The third kappa shape index (κ3) is 6.17. The summed E-state index contributed by atoms with van der Waals surface area (Å²) in [6.07, 6.45) is -3.50. The van der Waals surface area contributed by atoms with Crippen LogP contribution in [-0.2, 0) is 11.0 Å². The number of pyridine rings is 1. The number of piperazine rings is 1. The molecule has 1 atom stereocenters. The summed E-state index contributed by atoms with van der Waals surface area (Å²) in [6.45, 7) is 1.73. The minimum atomic E-state index is -4.43. The van der Waals surface area contributed by atoms with Crippen molar-refractivity contribution in [2.45, 2.75) is 18.6 Å². The lowest BCUT2D eigenvalue weighted by atomic mass is 10.0. The molecular weight excluding hydrogens is 457 g/mol. The molecule has 2 amide bonds. The fraction of sp³-hybridized carbons (Fsp3) is 0.269. The van der Waals surface area contributed by atoms with Crippen LogP contribution in [0.5, 0.6) is 0 Å². The van der Waals surface area contributed by atoms with Gasteiger partial charge >= 0.3 is 6.18 Å². The zero-order valence-corrected chi connectivity index (χ0v) is 18.9. The highest BCUT2D eigenvalue weighted by Gasteiger charge is 2.31. The van der Waals surface area contributed by atoms with Crippen molar-refractivity contribution in [2.24, 2.45) is 0 Å². The molecule has 1 N–H and O–H groups in total. The lowest BCUT2D eigenvalue weighted by Crippen LogP contribution is -2.49. The number of nitrogens with zero attached hydrogens (tertiary/aromatic N) is 3. The Morgan fingerprint density at radius 3 is 2.09 bits per heavy atom. The van der Waals surface area contributed by atoms with E-state index in [1.54, 1.807) is 29.2 Å². The number of benzene rings is 2. The highest BCUT2D eigenvalue weighted by Crippen LogP contribution is 2.29. The van der Waals surface area contributed by atoms with E-state index >= 15 is 0 Å². The maximum atomic E-state index is 13.1.